The summed E-state index contributed by atoms with van der Waals surface area (Å²) in [5.74, 6) is -3.63. The summed E-state index contributed by atoms with van der Waals surface area (Å²) < 4.78 is 53.7. The maximum absolute atomic E-state index is 14.3. The first-order chi connectivity index (χ1) is 16.3. The van der Waals surface area contributed by atoms with E-state index in [4.69, 9.17) is 4.74 Å². The summed E-state index contributed by atoms with van der Waals surface area (Å²) in [6, 6.07) is 8.22. The molecule has 174 valence electrons. The molecule has 34 heavy (non-hydrogen) atoms. The molecule has 1 N–H and O–H groups in total. The van der Waals surface area contributed by atoms with Gasteiger partial charge in [0.25, 0.3) is 5.91 Å². The molecular weight excluding hydrogens is 451 g/mol. The number of hydrogen-bond acceptors (Lipinski definition) is 6. The zero-order valence-corrected chi connectivity index (χ0v) is 18.3. The van der Waals surface area contributed by atoms with Gasteiger partial charge in [-0.25, -0.2) is 18.7 Å². The van der Waals surface area contributed by atoms with Gasteiger partial charge in [0.2, 0.25) is 11.7 Å². The van der Waals surface area contributed by atoms with Crippen molar-refractivity contribution in [2.45, 2.75) is 13.8 Å². The van der Waals surface area contributed by atoms with Crippen LogP contribution in [0.5, 0.6) is 17.4 Å². The van der Waals surface area contributed by atoms with Crippen LogP contribution in [0.25, 0.3) is 5.82 Å². The van der Waals surface area contributed by atoms with Crippen molar-refractivity contribution in [2.24, 2.45) is 0 Å². The first-order valence-corrected chi connectivity index (χ1v) is 9.93. The number of anilines is 1. The van der Waals surface area contributed by atoms with Crippen molar-refractivity contribution < 1.29 is 27.4 Å². The lowest BCUT2D eigenvalue weighted by molar-refractivity contribution is 0.102. The molecule has 0 fully saturated rings. The topological polar surface area (TPSA) is 91.2 Å². The van der Waals surface area contributed by atoms with Crippen molar-refractivity contribution in [3.8, 4) is 23.2 Å². The fraction of sp³-hybridized carbons (Fsp3) is 0.130. The van der Waals surface area contributed by atoms with E-state index < -0.39 is 34.7 Å². The second kappa shape index (κ2) is 9.22. The van der Waals surface area contributed by atoms with Gasteiger partial charge in [-0.1, -0.05) is 0 Å². The highest BCUT2D eigenvalue weighted by molar-refractivity contribution is 6.04. The maximum Gasteiger partial charge on any atom is 0.258 e. The minimum atomic E-state index is -1.51. The van der Waals surface area contributed by atoms with Gasteiger partial charge in [-0.15, -0.1) is 0 Å². The van der Waals surface area contributed by atoms with Gasteiger partial charge >= 0.3 is 0 Å². The number of nitrogens with one attached hydrogen (secondary N) is 1. The normalized spacial score (nSPS) is 10.8. The molecule has 2 aromatic heterocycles. The Labute approximate surface area is 192 Å². The highest BCUT2D eigenvalue weighted by atomic mass is 19.2. The number of methoxy groups -OCH3 is 1. The van der Waals surface area contributed by atoms with Gasteiger partial charge in [0.15, 0.2) is 17.4 Å². The van der Waals surface area contributed by atoms with Crippen molar-refractivity contribution >= 4 is 11.6 Å². The van der Waals surface area contributed by atoms with Crippen LogP contribution in [-0.4, -0.2) is 32.5 Å². The second-order valence-corrected chi connectivity index (χ2v) is 7.10. The van der Waals surface area contributed by atoms with Crippen LogP contribution in [-0.2, 0) is 0 Å². The van der Waals surface area contributed by atoms with E-state index >= 15 is 0 Å². The molecule has 0 radical (unpaired) electrons. The van der Waals surface area contributed by atoms with Crippen molar-refractivity contribution in [2.75, 3.05) is 12.4 Å². The Bertz CT molecular complexity index is 1370. The minimum absolute atomic E-state index is 0.272. The standard InChI is InChI=1S/C23H18F3N5O3/c1-12-28-18(31-9-8-27-13(31)2)11-19(29-12)34-15-6-4-14(5-7-15)30-23(32)16-10-17(24)21(26)22(33-3)20(16)25/h4-11H,1-3H3,(H,30,32). The number of carbonyl (C=O) groups is 1. The molecule has 2 heterocycles. The van der Waals surface area contributed by atoms with Crippen LogP contribution in [0.4, 0.5) is 18.9 Å². The van der Waals surface area contributed by atoms with E-state index in [2.05, 4.69) is 25.0 Å². The molecule has 0 unspecified atom stereocenters. The lowest BCUT2D eigenvalue weighted by atomic mass is 10.1. The first-order valence-electron chi connectivity index (χ1n) is 9.93. The summed E-state index contributed by atoms with van der Waals surface area (Å²) in [7, 11) is 0.972. The van der Waals surface area contributed by atoms with E-state index in [1.165, 1.54) is 12.1 Å². The number of hydrogen-bond donors (Lipinski definition) is 1. The quantitative estimate of drug-likeness (QED) is 0.410. The number of halogens is 3. The smallest absolute Gasteiger partial charge is 0.258 e. The first kappa shape index (κ1) is 22.8. The van der Waals surface area contributed by atoms with Crippen molar-refractivity contribution in [3.63, 3.8) is 0 Å². The molecule has 2 aromatic carbocycles. The zero-order chi connectivity index (χ0) is 24.4. The van der Waals surface area contributed by atoms with E-state index in [1.54, 1.807) is 42.1 Å². The molecule has 0 aliphatic heterocycles. The second-order valence-electron chi connectivity index (χ2n) is 7.10. The fourth-order valence-corrected chi connectivity index (χ4v) is 3.17. The van der Waals surface area contributed by atoms with Crippen LogP contribution < -0.4 is 14.8 Å². The third-order valence-corrected chi connectivity index (χ3v) is 4.77. The number of nitrogens with zero attached hydrogens (tertiary/aromatic N) is 4. The van der Waals surface area contributed by atoms with E-state index in [1.807, 2.05) is 6.92 Å². The van der Waals surface area contributed by atoms with Gasteiger partial charge < -0.3 is 14.8 Å². The van der Waals surface area contributed by atoms with Gasteiger partial charge in [-0.05, 0) is 44.2 Å². The Morgan fingerprint density at radius 1 is 1.03 bits per heavy atom. The summed E-state index contributed by atoms with van der Waals surface area (Å²) in [6.07, 6.45) is 3.42. The molecule has 0 saturated carbocycles. The number of rotatable bonds is 6. The molecule has 0 aliphatic carbocycles. The van der Waals surface area contributed by atoms with Gasteiger partial charge in [0.05, 0.1) is 12.7 Å². The molecule has 4 aromatic rings. The van der Waals surface area contributed by atoms with Gasteiger partial charge in [0.1, 0.15) is 23.2 Å². The number of benzene rings is 2. The van der Waals surface area contributed by atoms with Gasteiger partial charge in [-0.3, -0.25) is 9.36 Å². The summed E-state index contributed by atoms with van der Waals surface area (Å²) >= 11 is 0. The number of carbonyl (C=O) groups excluding carboxylic acids is 1. The van der Waals surface area contributed by atoms with Crippen molar-refractivity contribution in [3.05, 3.63) is 83.5 Å². The van der Waals surface area contributed by atoms with E-state index in [0.717, 1.165) is 12.9 Å². The fourth-order valence-electron chi connectivity index (χ4n) is 3.17. The van der Waals surface area contributed by atoms with Crippen LogP contribution >= 0.6 is 0 Å². The predicted octanol–water partition coefficient (Wildman–Crippen LogP) is 4.75. The van der Waals surface area contributed by atoms with Crippen molar-refractivity contribution in [1.82, 2.24) is 19.5 Å². The Kier molecular flexibility index (Phi) is 6.17. The molecule has 0 aliphatic rings. The lowest BCUT2D eigenvalue weighted by Gasteiger charge is -2.11. The Balaban J connectivity index is 1.51. The van der Waals surface area contributed by atoms with E-state index in [9.17, 15) is 18.0 Å². The third-order valence-electron chi connectivity index (χ3n) is 4.77. The molecule has 0 spiro atoms. The van der Waals surface area contributed by atoms with E-state index in [0.29, 0.717) is 29.3 Å². The highest BCUT2D eigenvalue weighted by Crippen LogP contribution is 2.28. The minimum Gasteiger partial charge on any atom is -0.491 e. The van der Waals surface area contributed by atoms with Crippen LogP contribution in [0.2, 0.25) is 0 Å². The van der Waals surface area contributed by atoms with Gasteiger partial charge in [-0.2, -0.15) is 9.37 Å². The Morgan fingerprint density at radius 2 is 1.76 bits per heavy atom. The average Bonchev–Trinajstić information content (AvgIpc) is 3.23. The lowest BCUT2D eigenvalue weighted by Crippen LogP contribution is -2.15. The largest absolute Gasteiger partial charge is 0.491 e. The summed E-state index contributed by atoms with van der Waals surface area (Å²) in [6.45, 7) is 3.57. The molecule has 0 atom stereocenters. The van der Waals surface area contributed by atoms with Crippen LogP contribution in [0.1, 0.15) is 22.0 Å². The number of aryl methyl sites for hydroxylation is 2. The number of ether oxygens (including phenoxy) is 2. The number of aromatic nitrogens is 4. The Morgan fingerprint density at radius 3 is 2.41 bits per heavy atom. The van der Waals surface area contributed by atoms with E-state index in [-0.39, 0.29) is 5.69 Å². The SMILES string of the molecule is COc1c(F)c(F)cc(C(=O)Nc2ccc(Oc3cc(-n4ccnc4C)nc(C)n3)cc2)c1F. The van der Waals surface area contributed by atoms with Crippen molar-refractivity contribution in [1.29, 1.82) is 0 Å². The molecule has 1 amide bonds. The molecule has 0 bridgehead atoms. The number of imidazole rings is 1. The number of amides is 1. The van der Waals surface area contributed by atoms with Crippen LogP contribution in [0, 0.1) is 31.3 Å². The molecular formula is C23H18F3N5O3. The summed E-state index contributed by atoms with van der Waals surface area (Å²) in [5, 5.41) is 2.42. The average molecular weight is 469 g/mol. The maximum atomic E-state index is 14.3. The zero-order valence-electron chi connectivity index (χ0n) is 18.3. The van der Waals surface area contributed by atoms with Crippen LogP contribution in [0.15, 0.2) is 48.8 Å². The molecule has 4 rings (SSSR count). The van der Waals surface area contributed by atoms with Crippen LogP contribution in [0.3, 0.4) is 0 Å². The predicted molar refractivity (Wildman–Crippen MR) is 116 cm³/mol. The molecule has 11 heteroatoms. The molecule has 8 nitrogen and oxygen atoms in total. The third kappa shape index (κ3) is 4.53. The highest BCUT2D eigenvalue weighted by Gasteiger charge is 2.23. The Hall–Kier alpha value is -4.41. The molecule has 0 saturated heterocycles. The van der Waals surface area contributed by atoms with Gasteiger partial charge in [0, 0.05) is 24.1 Å². The monoisotopic (exact) mass is 469 g/mol. The summed E-state index contributed by atoms with van der Waals surface area (Å²) in [5.41, 5.74) is -0.427. The summed E-state index contributed by atoms with van der Waals surface area (Å²) in [4.78, 5) is 25.2.